The first-order valence-corrected chi connectivity index (χ1v) is 7.02. The molecule has 100 valence electrons. The highest BCUT2D eigenvalue weighted by molar-refractivity contribution is 7.93. The van der Waals surface area contributed by atoms with E-state index >= 15 is 0 Å². The van der Waals surface area contributed by atoms with Crippen LogP contribution in [-0.2, 0) is 10.0 Å². The first-order valence-electron chi connectivity index (χ1n) is 5.58. The van der Waals surface area contributed by atoms with Crippen molar-refractivity contribution < 1.29 is 8.42 Å². The van der Waals surface area contributed by atoms with E-state index in [-0.39, 0.29) is 4.90 Å². The Balaban J connectivity index is 2.48. The summed E-state index contributed by atoms with van der Waals surface area (Å²) >= 11 is 0. The number of nitrogens with zero attached hydrogens (tertiary/aromatic N) is 3. The molecule has 0 saturated heterocycles. The van der Waals surface area contributed by atoms with E-state index in [1.807, 2.05) is 0 Å². The molecule has 0 aliphatic rings. The van der Waals surface area contributed by atoms with Gasteiger partial charge in [-0.25, -0.2) is 8.42 Å². The third-order valence-electron chi connectivity index (χ3n) is 2.70. The summed E-state index contributed by atoms with van der Waals surface area (Å²) in [5.74, 6) is 0. The van der Waals surface area contributed by atoms with Crippen LogP contribution in [-0.4, -0.2) is 32.5 Å². The van der Waals surface area contributed by atoms with Gasteiger partial charge in [-0.1, -0.05) is 0 Å². The molecule has 7 heteroatoms. The van der Waals surface area contributed by atoms with Crippen molar-refractivity contribution in [1.29, 1.82) is 0 Å². The van der Waals surface area contributed by atoms with Crippen LogP contribution < -0.4 is 9.62 Å². The minimum atomic E-state index is -3.67. The molecule has 0 aromatic carbocycles. The van der Waals surface area contributed by atoms with Crippen molar-refractivity contribution in [3.63, 3.8) is 0 Å². The topological polar surface area (TPSA) is 75.2 Å². The molecule has 0 atom stereocenters. The second-order valence-corrected chi connectivity index (χ2v) is 5.74. The molecule has 0 bridgehead atoms. The summed E-state index contributed by atoms with van der Waals surface area (Å²) in [6, 6.07) is 4.98. The molecule has 6 nitrogen and oxygen atoms in total. The van der Waals surface area contributed by atoms with Gasteiger partial charge >= 0.3 is 0 Å². The Morgan fingerprint density at radius 2 is 1.89 bits per heavy atom. The van der Waals surface area contributed by atoms with Crippen LogP contribution in [0.15, 0.2) is 47.9 Å². The molecule has 0 aliphatic carbocycles. The number of hydrogen-bond acceptors (Lipinski definition) is 5. The van der Waals surface area contributed by atoms with E-state index in [0.717, 1.165) is 0 Å². The highest BCUT2D eigenvalue weighted by atomic mass is 32.2. The maximum atomic E-state index is 12.5. The van der Waals surface area contributed by atoms with Crippen LogP contribution in [0.25, 0.3) is 0 Å². The third-order valence-corrected chi connectivity index (χ3v) is 4.51. The Bertz CT molecular complexity index is 658. The number of hydrogen-bond donors (Lipinski definition) is 1. The predicted octanol–water partition coefficient (Wildman–Crippen LogP) is 1.34. The zero-order chi connectivity index (χ0) is 13.9. The normalized spacial score (nSPS) is 11.1. The average Bonchev–Trinajstić information content (AvgIpc) is 2.47. The van der Waals surface area contributed by atoms with Crippen molar-refractivity contribution in [3.05, 3.63) is 43.0 Å². The van der Waals surface area contributed by atoms with Gasteiger partial charge in [0, 0.05) is 32.7 Å². The Hall–Kier alpha value is -2.15. The summed E-state index contributed by atoms with van der Waals surface area (Å²) in [4.78, 5) is 7.92. The maximum Gasteiger partial charge on any atom is 0.267 e. The fourth-order valence-electron chi connectivity index (χ4n) is 1.62. The highest BCUT2D eigenvalue weighted by Gasteiger charge is 2.24. The zero-order valence-electron chi connectivity index (χ0n) is 10.6. The van der Waals surface area contributed by atoms with Gasteiger partial charge < -0.3 is 5.32 Å². The largest absolute Gasteiger partial charge is 0.387 e. The van der Waals surface area contributed by atoms with Crippen LogP contribution in [0.1, 0.15) is 0 Å². The van der Waals surface area contributed by atoms with Gasteiger partial charge in [-0.3, -0.25) is 14.3 Å². The quantitative estimate of drug-likeness (QED) is 0.913. The summed E-state index contributed by atoms with van der Waals surface area (Å²) in [7, 11) is -0.516. The van der Waals surface area contributed by atoms with E-state index in [1.54, 1.807) is 31.4 Å². The fourth-order valence-corrected chi connectivity index (χ4v) is 2.94. The van der Waals surface area contributed by atoms with E-state index in [9.17, 15) is 8.42 Å². The molecule has 2 aromatic rings. The smallest absolute Gasteiger partial charge is 0.267 e. The minimum Gasteiger partial charge on any atom is -0.387 e. The van der Waals surface area contributed by atoms with Gasteiger partial charge in [-0.15, -0.1) is 0 Å². The van der Waals surface area contributed by atoms with Crippen molar-refractivity contribution in [1.82, 2.24) is 9.97 Å². The molecule has 2 aromatic heterocycles. The molecule has 19 heavy (non-hydrogen) atoms. The first kappa shape index (κ1) is 13.3. The van der Waals surface area contributed by atoms with Crippen LogP contribution >= 0.6 is 0 Å². The van der Waals surface area contributed by atoms with Crippen LogP contribution in [0.3, 0.4) is 0 Å². The standard InChI is InChI=1S/C12H14N4O2S/c1-13-11-5-7-15-9-12(11)19(17,18)16(2)10-4-3-6-14-8-10/h3-9H,1-2H3,(H,13,15). The molecule has 0 amide bonds. The van der Waals surface area contributed by atoms with Crippen LogP contribution in [0, 0.1) is 0 Å². The molecule has 0 saturated carbocycles. The summed E-state index contributed by atoms with van der Waals surface area (Å²) in [6.45, 7) is 0. The first-order chi connectivity index (χ1) is 9.07. The van der Waals surface area contributed by atoms with Crippen molar-refractivity contribution >= 4 is 21.4 Å². The molecule has 1 N–H and O–H groups in total. The zero-order valence-corrected chi connectivity index (χ0v) is 11.4. The predicted molar refractivity (Wildman–Crippen MR) is 73.6 cm³/mol. The van der Waals surface area contributed by atoms with Crippen LogP contribution in [0.2, 0.25) is 0 Å². The van der Waals surface area contributed by atoms with E-state index in [2.05, 4.69) is 15.3 Å². The van der Waals surface area contributed by atoms with Gasteiger partial charge in [-0.2, -0.15) is 0 Å². The SMILES string of the molecule is CNc1ccncc1S(=O)(=O)N(C)c1cccnc1. The van der Waals surface area contributed by atoms with Gasteiger partial charge in [0.2, 0.25) is 0 Å². The number of anilines is 2. The molecule has 0 aliphatic heterocycles. The van der Waals surface area contributed by atoms with Gasteiger partial charge in [0.15, 0.2) is 0 Å². The van der Waals surface area contributed by atoms with E-state index in [0.29, 0.717) is 11.4 Å². The number of nitrogens with one attached hydrogen (secondary N) is 1. The Morgan fingerprint density at radius 1 is 1.16 bits per heavy atom. The second kappa shape index (κ2) is 5.23. The van der Waals surface area contributed by atoms with E-state index in [1.165, 1.54) is 29.9 Å². The summed E-state index contributed by atoms with van der Waals surface area (Å²) in [6.07, 6.45) is 5.95. The molecule has 0 fully saturated rings. The average molecular weight is 278 g/mol. The molecular weight excluding hydrogens is 264 g/mol. The van der Waals surface area contributed by atoms with E-state index in [4.69, 9.17) is 0 Å². The van der Waals surface area contributed by atoms with Gasteiger partial charge in [0.1, 0.15) is 4.90 Å². The van der Waals surface area contributed by atoms with Crippen molar-refractivity contribution in [2.45, 2.75) is 4.90 Å². The lowest BCUT2D eigenvalue weighted by atomic mass is 10.4. The van der Waals surface area contributed by atoms with Crippen molar-refractivity contribution in [3.8, 4) is 0 Å². The van der Waals surface area contributed by atoms with Crippen molar-refractivity contribution in [2.24, 2.45) is 0 Å². The van der Waals surface area contributed by atoms with Gasteiger partial charge in [-0.05, 0) is 18.2 Å². The molecule has 2 rings (SSSR count). The fraction of sp³-hybridized carbons (Fsp3) is 0.167. The third kappa shape index (κ3) is 2.50. The summed E-state index contributed by atoms with van der Waals surface area (Å²) < 4.78 is 26.2. The molecule has 2 heterocycles. The Kier molecular flexibility index (Phi) is 3.66. The molecule has 0 radical (unpaired) electrons. The number of aromatic nitrogens is 2. The molecular formula is C12H14N4O2S. The number of rotatable bonds is 4. The minimum absolute atomic E-state index is 0.129. The monoisotopic (exact) mass is 278 g/mol. The molecule has 0 unspecified atom stereocenters. The van der Waals surface area contributed by atoms with Crippen LogP contribution in [0.5, 0.6) is 0 Å². The maximum absolute atomic E-state index is 12.5. The Labute approximate surface area is 112 Å². The van der Waals surface area contributed by atoms with Crippen LogP contribution in [0.4, 0.5) is 11.4 Å². The number of sulfonamides is 1. The lowest BCUT2D eigenvalue weighted by Gasteiger charge is -2.20. The second-order valence-electron chi connectivity index (χ2n) is 3.81. The summed E-state index contributed by atoms with van der Waals surface area (Å²) in [5, 5.41) is 2.85. The number of pyridine rings is 2. The van der Waals surface area contributed by atoms with Crippen molar-refractivity contribution in [2.75, 3.05) is 23.7 Å². The van der Waals surface area contributed by atoms with E-state index < -0.39 is 10.0 Å². The summed E-state index contributed by atoms with van der Waals surface area (Å²) in [5.41, 5.74) is 0.999. The molecule has 0 spiro atoms. The highest BCUT2D eigenvalue weighted by Crippen LogP contribution is 2.25. The lowest BCUT2D eigenvalue weighted by molar-refractivity contribution is 0.594. The van der Waals surface area contributed by atoms with Gasteiger partial charge in [0.05, 0.1) is 17.6 Å². The Morgan fingerprint density at radius 3 is 2.53 bits per heavy atom. The lowest BCUT2D eigenvalue weighted by Crippen LogP contribution is -2.27. The van der Waals surface area contributed by atoms with Gasteiger partial charge in [0.25, 0.3) is 10.0 Å².